The lowest BCUT2D eigenvalue weighted by atomic mass is 10.2. The lowest BCUT2D eigenvalue weighted by Gasteiger charge is -2.36. The average molecular weight is 436 g/mol. The molecule has 1 saturated heterocycles. The first kappa shape index (κ1) is 21.4. The Balaban J connectivity index is 1.56. The van der Waals surface area contributed by atoms with Gasteiger partial charge in [-0.05, 0) is 42.0 Å². The number of nitrogens with zero attached hydrogens (tertiary/aromatic N) is 4. The Morgan fingerprint density at radius 1 is 1.03 bits per heavy atom. The van der Waals surface area contributed by atoms with Crippen LogP contribution in [0.25, 0.3) is 0 Å². The van der Waals surface area contributed by atoms with Crippen molar-refractivity contribution in [2.75, 3.05) is 45.2 Å². The molecule has 0 unspecified atom stereocenters. The van der Waals surface area contributed by atoms with Gasteiger partial charge in [0.05, 0.1) is 11.4 Å². The quantitative estimate of drug-likeness (QED) is 0.575. The Bertz CT molecular complexity index is 951. The van der Waals surface area contributed by atoms with Gasteiger partial charge in [0.1, 0.15) is 0 Å². The van der Waals surface area contributed by atoms with Gasteiger partial charge in [0.25, 0.3) is 0 Å². The first-order valence-electron chi connectivity index (χ1n) is 9.34. The Hall–Kier alpha value is -2.29. The van der Waals surface area contributed by atoms with Gasteiger partial charge in [-0.1, -0.05) is 23.7 Å². The summed E-state index contributed by atoms with van der Waals surface area (Å²) in [7, 11) is -0.390. The standard InChI is InChI=1S/C20H26ClN5O2S/c1-24(2)29(27,28)19-9-3-16(4-10-19)15-23-20(22)26-13-11-25(12-14-26)18-7-5-17(21)6-8-18/h3-10H,11-15H2,1-2H3,(H2,22,23). The second kappa shape index (κ2) is 9.02. The molecule has 1 fully saturated rings. The second-order valence-electron chi connectivity index (χ2n) is 7.06. The summed E-state index contributed by atoms with van der Waals surface area (Å²) in [5.41, 5.74) is 8.23. The maximum absolute atomic E-state index is 12.1. The number of guanidine groups is 1. The molecule has 2 aromatic rings. The molecule has 0 aromatic heterocycles. The number of hydrogen-bond acceptors (Lipinski definition) is 4. The molecule has 0 saturated carbocycles. The van der Waals surface area contributed by atoms with Crippen molar-refractivity contribution in [2.24, 2.45) is 10.7 Å². The van der Waals surface area contributed by atoms with Crippen LogP contribution in [0.15, 0.2) is 58.4 Å². The highest BCUT2D eigenvalue weighted by molar-refractivity contribution is 7.89. The summed E-state index contributed by atoms with van der Waals surface area (Å²) in [5, 5.41) is 0.733. The maximum Gasteiger partial charge on any atom is 0.242 e. The summed E-state index contributed by atoms with van der Waals surface area (Å²) in [4.78, 5) is 9.11. The fourth-order valence-electron chi connectivity index (χ4n) is 3.10. The number of sulfonamides is 1. The van der Waals surface area contributed by atoms with E-state index in [1.54, 1.807) is 24.3 Å². The molecule has 9 heteroatoms. The number of halogens is 1. The van der Waals surface area contributed by atoms with Crippen molar-refractivity contribution in [3.05, 3.63) is 59.1 Å². The summed E-state index contributed by atoms with van der Waals surface area (Å²) in [5.74, 6) is 0.505. The molecule has 0 bridgehead atoms. The van der Waals surface area contributed by atoms with Crippen LogP contribution in [0.3, 0.4) is 0 Å². The van der Waals surface area contributed by atoms with Crippen LogP contribution in [0.2, 0.25) is 5.02 Å². The van der Waals surface area contributed by atoms with Crippen molar-refractivity contribution >= 4 is 33.3 Å². The minimum absolute atomic E-state index is 0.265. The number of hydrogen-bond donors (Lipinski definition) is 1. The lowest BCUT2D eigenvalue weighted by molar-refractivity contribution is 0.380. The van der Waals surface area contributed by atoms with Crippen molar-refractivity contribution < 1.29 is 8.42 Å². The van der Waals surface area contributed by atoms with Crippen molar-refractivity contribution in [3.8, 4) is 0 Å². The van der Waals surface area contributed by atoms with E-state index in [9.17, 15) is 8.42 Å². The van der Waals surface area contributed by atoms with Gasteiger partial charge in [0.15, 0.2) is 5.96 Å². The lowest BCUT2D eigenvalue weighted by Crippen LogP contribution is -2.51. The highest BCUT2D eigenvalue weighted by Crippen LogP contribution is 2.19. The molecule has 1 aliphatic heterocycles. The fourth-order valence-corrected chi connectivity index (χ4v) is 4.12. The Labute approximate surface area is 177 Å². The molecule has 0 spiro atoms. The molecule has 1 heterocycles. The van der Waals surface area contributed by atoms with Crippen LogP contribution in [0.1, 0.15) is 5.56 Å². The predicted octanol–water partition coefficient (Wildman–Crippen LogP) is 2.23. The molecular formula is C20H26ClN5O2S. The van der Waals surface area contributed by atoms with Crippen LogP contribution in [-0.4, -0.2) is 63.9 Å². The minimum Gasteiger partial charge on any atom is -0.370 e. The molecule has 3 rings (SSSR count). The van der Waals surface area contributed by atoms with E-state index in [0.717, 1.165) is 42.5 Å². The van der Waals surface area contributed by atoms with Gasteiger partial charge in [-0.15, -0.1) is 0 Å². The van der Waals surface area contributed by atoms with E-state index in [-0.39, 0.29) is 4.90 Å². The summed E-state index contributed by atoms with van der Waals surface area (Å²) < 4.78 is 25.4. The van der Waals surface area contributed by atoms with E-state index in [1.165, 1.54) is 18.4 Å². The van der Waals surface area contributed by atoms with Gasteiger partial charge in [-0.25, -0.2) is 17.7 Å². The number of aliphatic imine (C=N–C) groups is 1. The summed E-state index contributed by atoms with van der Waals surface area (Å²) in [6.45, 7) is 3.70. The van der Waals surface area contributed by atoms with Gasteiger partial charge in [-0.3, -0.25) is 0 Å². The van der Waals surface area contributed by atoms with E-state index in [1.807, 2.05) is 24.3 Å². The van der Waals surface area contributed by atoms with Crippen LogP contribution in [0.5, 0.6) is 0 Å². The molecule has 156 valence electrons. The Morgan fingerprint density at radius 2 is 1.62 bits per heavy atom. The molecule has 2 aromatic carbocycles. The zero-order valence-electron chi connectivity index (χ0n) is 16.6. The van der Waals surface area contributed by atoms with Gasteiger partial charge < -0.3 is 15.5 Å². The molecule has 0 atom stereocenters. The normalized spacial score (nSPS) is 15.8. The monoisotopic (exact) mass is 435 g/mol. The van der Waals surface area contributed by atoms with Crippen molar-refractivity contribution in [2.45, 2.75) is 11.4 Å². The van der Waals surface area contributed by atoms with Gasteiger partial charge in [0.2, 0.25) is 10.0 Å². The third kappa shape index (κ3) is 5.20. The molecule has 1 aliphatic rings. The predicted molar refractivity (Wildman–Crippen MR) is 118 cm³/mol. The number of nitrogens with two attached hydrogens (primary N) is 1. The Kier molecular flexibility index (Phi) is 6.66. The molecule has 0 aliphatic carbocycles. The third-order valence-electron chi connectivity index (χ3n) is 4.92. The molecule has 2 N–H and O–H groups in total. The number of benzene rings is 2. The van der Waals surface area contributed by atoms with Gasteiger partial charge in [-0.2, -0.15) is 0 Å². The summed E-state index contributed by atoms with van der Waals surface area (Å²) in [6, 6.07) is 14.6. The average Bonchev–Trinajstić information content (AvgIpc) is 2.73. The van der Waals surface area contributed by atoms with Crippen LogP contribution >= 0.6 is 11.6 Å². The van der Waals surface area contributed by atoms with E-state index < -0.39 is 10.0 Å². The highest BCUT2D eigenvalue weighted by atomic mass is 35.5. The highest BCUT2D eigenvalue weighted by Gasteiger charge is 2.19. The van der Waals surface area contributed by atoms with E-state index >= 15 is 0 Å². The minimum atomic E-state index is -3.42. The largest absolute Gasteiger partial charge is 0.370 e. The molecular weight excluding hydrogens is 410 g/mol. The van der Waals surface area contributed by atoms with Gasteiger partial charge >= 0.3 is 0 Å². The Morgan fingerprint density at radius 3 is 2.17 bits per heavy atom. The topological polar surface area (TPSA) is 82.2 Å². The molecule has 29 heavy (non-hydrogen) atoms. The molecule has 0 amide bonds. The summed E-state index contributed by atoms with van der Waals surface area (Å²) in [6.07, 6.45) is 0. The zero-order chi connectivity index (χ0) is 21.0. The smallest absolute Gasteiger partial charge is 0.242 e. The van der Waals surface area contributed by atoms with Crippen LogP contribution in [-0.2, 0) is 16.6 Å². The van der Waals surface area contributed by atoms with E-state index in [2.05, 4.69) is 14.8 Å². The summed E-state index contributed by atoms with van der Waals surface area (Å²) >= 11 is 5.95. The van der Waals surface area contributed by atoms with E-state index in [4.69, 9.17) is 17.3 Å². The van der Waals surface area contributed by atoms with E-state index in [0.29, 0.717) is 12.5 Å². The number of anilines is 1. The second-order valence-corrected chi connectivity index (χ2v) is 9.64. The van der Waals surface area contributed by atoms with Crippen LogP contribution in [0.4, 0.5) is 5.69 Å². The van der Waals surface area contributed by atoms with Crippen molar-refractivity contribution in [1.82, 2.24) is 9.21 Å². The number of rotatable bonds is 5. The number of piperazine rings is 1. The molecule has 7 nitrogen and oxygen atoms in total. The maximum atomic E-state index is 12.1. The van der Waals surface area contributed by atoms with Crippen LogP contribution in [0, 0.1) is 0 Å². The molecule has 0 radical (unpaired) electrons. The zero-order valence-corrected chi connectivity index (χ0v) is 18.2. The van der Waals surface area contributed by atoms with Crippen molar-refractivity contribution in [1.29, 1.82) is 0 Å². The first-order chi connectivity index (χ1) is 13.8. The van der Waals surface area contributed by atoms with Crippen LogP contribution < -0.4 is 10.6 Å². The van der Waals surface area contributed by atoms with Crippen molar-refractivity contribution in [3.63, 3.8) is 0 Å². The van der Waals surface area contributed by atoms with Gasteiger partial charge in [0, 0.05) is 51.0 Å². The fraction of sp³-hybridized carbons (Fsp3) is 0.350. The SMILES string of the molecule is CN(C)S(=O)(=O)c1ccc(CN=C(N)N2CCN(c3ccc(Cl)cc3)CC2)cc1. The first-order valence-corrected chi connectivity index (χ1v) is 11.2. The third-order valence-corrected chi connectivity index (χ3v) is 7.00.